The predicted octanol–water partition coefficient (Wildman–Crippen LogP) is 0.789. The second-order valence-electron chi connectivity index (χ2n) is 3.76. The van der Waals surface area contributed by atoms with Crippen molar-refractivity contribution in [2.45, 2.75) is 32.2 Å². The van der Waals surface area contributed by atoms with E-state index in [2.05, 4.69) is 10.4 Å². The lowest BCUT2D eigenvalue weighted by atomic mass is 10.3. The largest absolute Gasteiger partial charge is 0.435 e. The van der Waals surface area contributed by atoms with E-state index in [1.807, 2.05) is 0 Å². The number of aromatic nitrogens is 2. The summed E-state index contributed by atoms with van der Waals surface area (Å²) in [5.74, 6) is -0.501. The maximum absolute atomic E-state index is 12.2. The van der Waals surface area contributed by atoms with E-state index in [0.29, 0.717) is 6.42 Å². The molecule has 0 aliphatic heterocycles. The highest BCUT2D eigenvalue weighted by Gasteiger charge is 2.33. The summed E-state index contributed by atoms with van der Waals surface area (Å²) in [6.07, 6.45) is -3.60. The Hall–Kier alpha value is -1.57. The van der Waals surface area contributed by atoms with Crippen LogP contribution in [0.1, 0.15) is 19.0 Å². The summed E-state index contributed by atoms with van der Waals surface area (Å²) in [6, 6.07) is 0.800. The zero-order valence-corrected chi connectivity index (χ0v) is 9.74. The van der Waals surface area contributed by atoms with Gasteiger partial charge in [0.1, 0.15) is 6.54 Å². The fourth-order valence-corrected chi connectivity index (χ4v) is 1.18. The summed E-state index contributed by atoms with van der Waals surface area (Å²) in [7, 11) is 0. The number of hydrogen-bond donors (Lipinski definition) is 2. The minimum atomic E-state index is -4.51. The standard InChI is InChI=1S/C10H14F3N3O2/c1-2-7(17)5-14-9(18)6-16-4-3-8(15-16)10(11,12)13/h3-4,7,17H,2,5-6H2,1H3,(H,14,18). The van der Waals surface area contributed by atoms with E-state index in [1.54, 1.807) is 6.92 Å². The first-order valence-corrected chi connectivity index (χ1v) is 5.38. The fourth-order valence-electron chi connectivity index (χ4n) is 1.18. The zero-order valence-electron chi connectivity index (χ0n) is 9.74. The van der Waals surface area contributed by atoms with Gasteiger partial charge in [0.2, 0.25) is 5.91 Å². The molecule has 2 N–H and O–H groups in total. The van der Waals surface area contributed by atoms with E-state index < -0.39 is 23.9 Å². The van der Waals surface area contributed by atoms with Crippen LogP contribution >= 0.6 is 0 Å². The Kier molecular flexibility index (Phi) is 4.71. The van der Waals surface area contributed by atoms with Crippen LogP contribution < -0.4 is 5.32 Å². The Morgan fingerprint density at radius 2 is 2.28 bits per heavy atom. The first kappa shape index (κ1) is 14.5. The van der Waals surface area contributed by atoms with Crippen molar-refractivity contribution in [3.05, 3.63) is 18.0 Å². The highest BCUT2D eigenvalue weighted by Crippen LogP contribution is 2.27. The van der Waals surface area contributed by atoms with Crippen molar-refractivity contribution < 1.29 is 23.1 Å². The van der Waals surface area contributed by atoms with Crippen molar-refractivity contribution >= 4 is 5.91 Å². The lowest BCUT2D eigenvalue weighted by Gasteiger charge is -2.09. The molecule has 0 saturated carbocycles. The first-order chi connectivity index (χ1) is 8.32. The average Bonchev–Trinajstić information content (AvgIpc) is 2.74. The molecule has 0 aliphatic carbocycles. The van der Waals surface area contributed by atoms with Gasteiger partial charge in [0, 0.05) is 12.7 Å². The van der Waals surface area contributed by atoms with E-state index in [0.717, 1.165) is 16.9 Å². The van der Waals surface area contributed by atoms with Crippen LogP contribution in [-0.2, 0) is 17.5 Å². The van der Waals surface area contributed by atoms with Gasteiger partial charge in [-0.2, -0.15) is 18.3 Å². The number of alkyl halides is 3. The number of hydrogen-bond acceptors (Lipinski definition) is 3. The second kappa shape index (κ2) is 5.85. The maximum atomic E-state index is 12.2. The molecule has 1 atom stereocenters. The Labute approximate surface area is 102 Å². The second-order valence-corrected chi connectivity index (χ2v) is 3.76. The Morgan fingerprint density at radius 3 is 2.78 bits per heavy atom. The van der Waals surface area contributed by atoms with Gasteiger partial charge in [0.05, 0.1) is 6.10 Å². The molecule has 1 aromatic rings. The summed E-state index contributed by atoms with van der Waals surface area (Å²) in [5.41, 5.74) is -1.04. The van der Waals surface area contributed by atoms with Gasteiger partial charge in [-0.3, -0.25) is 9.48 Å². The van der Waals surface area contributed by atoms with Crippen molar-refractivity contribution in [3.63, 3.8) is 0 Å². The summed E-state index contributed by atoms with van der Waals surface area (Å²) in [6.45, 7) is 1.51. The van der Waals surface area contributed by atoms with Gasteiger partial charge in [-0.05, 0) is 12.5 Å². The van der Waals surface area contributed by atoms with Crippen molar-refractivity contribution in [2.75, 3.05) is 6.54 Å². The van der Waals surface area contributed by atoms with E-state index in [-0.39, 0.29) is 13.1 Å². The normalized spacial score (nSPS) is 13.4. The van der Waals surface area contributed by atoms with E-state index >= 15 is 0 Å². The van der Waals surface area contributed by atoms with Crippen molar-refractivity contribution in [1.82, 2.24) is 15.1 Å². The Balaban J connectivity index is 2.48. The summed E-state index contributed by atoms with van der Waals surface area (Å²) >= 11 is 0. The fraction of sp³-hybridized carbons (Fsp3) is 0.600. The van der Waals surface area contributed by atoms with Gasteiger partial charge >= 0.3 is 6.18 Å². The molecule has 0 bridgehead atoms. The van der Waals surface area contributed by atoms with Gasteiger partial charge < -0.3 is 10.4 Å². The molecule has 1 amide bonds. The van der Waals surface area contributed by atoms with Crippen LogP contribution in [0.5, 0.6) is 0 Å². The molecule has 0 aliphatic rings. The summed E-state index contributed by atoms with van der Waals surface area (Å²) in [5, 5.41) is 14.8. The number of carbonyl (C=O) groups is 1. The van der Waals surface area contributed by atoms with Gasteiger partial charge in [-0.15, -0.1) is 0 Å². The molecule has 1 aromatic heterocycles. The molecule has 18 heavy (non-hydrogen) atoms. The Bertz CT molecular complexity index is 403. The van der Waals surface area contributed by atoms with Gasteiger partial charge in [0.15, 0.2) is 5.69 Å². The number of carbonyl (C=O) groups excluding carboxylic acids is 1. The smallest absolute Gasteiger partial charge is 0.391 e. The van der Waals surface area contributed by atoms with Crippen LogP contribution in [0.3, 0.4) is 0 Å². The molecule has 0 fully saturated rings. The highest BCUT2D eigenvalue weighted by molar-refractivity contribution is 5.75. The van der Waals surface area contributed by atoms with Gasteiger partial charge in [0.25, 0.3) is 0 Å². The number of nitrogens with zero attached hydrogens (tertiary/aromatic N) is 2. The predicted molar refractivity (Wildman–Crippen MR) is 56.5 cm³/mol. The molecule has 1 rings (SSSR count). The molecular weight excluding hydrogens is 251 g/mol. The molecule has 0 radical (unpaired) electrons. The molecule has 5 nitrogen and oxygen atoms in total. The number of amides is 1. The maximum Gasteiger partial charge on any atom is 0.435 e. The van der Waals surface area contributed by atoms with E-state index in [1.165, 1.54) is 0 Å². The molecular formula is C10H14F3N3O2. The SMILES string of the molecule is CCC(O)CNC(=O)Cn1ccc(C(F)(F)F)n1. The molecule has 0 aromatic carbocycles. The number of rotatable bonds is 5. The molecule has 0 saturated heterocycles. The topological polar surface area (TPSA) is 67.2 Å². The lowest BCUT2D eigenvalue weighted by Crippen LogP contribution is -2.34. The third-order valence-electron chi connectivity index (χ3n) is 2.24. The highest BCUT2D eigenvalue weighted by atomic mass is 19.4. The van der Waals surface area contributed by atoms with Crippen molar-refractivity contribution in [3.8, 4) is 0 Å². The molecule has 0 spiro atoms. The number of halogens is 3. The van der Waals surface area contributed by atoms with E-state index in [9.17, 15) is 23.1 Å². The van der Waals surface area contributed by atoms with Crippen LogP contribution in [0.15, 0.2) is 12.3 Å². The monoisotopic (exact) mass is 265 g/mol. The molecule has 102 valence electrons. The third kappa shape index (κ3) is 4.36. The first-order valence-electron chi connectivity index (χ1n) is 5.38. The van der Waals surface area contributed by atoms with Crippen molar-refractivity contribution in [2.24, 2.45) is 0 Å². The minimum absolute atomic E-state index is 0.0722. The quantitative estimate of drug-likeness (QED) is 0.827. The van der Waals surface area contributed by atoms with E-state index in [4.69, 9.17) is 0 Å². The van der Waals surface area contributed by atoms with Crippen LogP contribution in [0.4, 0.5) is 13.2 Å². The average molecular weight is 265 g/mol. The lowest BCUT2D eigenvalue weighted by molar-refractivity contribution is -0.141. The molecule has 1 unspecified atom stereocenters. The van der Waals surface area contributed by atoms with Crippen LogP contribution in [0, 0.1) is 0 Å². The van der Waals surface area contributed by atoms with Crippen LogP contribution in [0.2, 0.25) is 0 Å². The van der Waals surface area contributed by atoms with Crippen LogP contribution in [-0.4, -0.2) is 33.4 Å². The minimum Gasteiger partial charge on any atom is -0.391 e. The third-order valence-corrected chi connectivity index (χ3v) is 2.24. The van der Waals surface area contributed by atoms with Crippen LogP contribution in [0.25, 0.3) is 0 Å². The van der Waals surface area contributed by atoms with Gasteiger partial charge in [-0.1, -0.05) is 6.92 Å². The number of aliphatic hydroxyl groups is 1. The molecule has 1 heterocycles. The van der Waals surface area contributed by atoms with Crippen molar-refractivity contribution in [1.29, 1.82) is 0 Å². The Morgan fingerprint density at radius 1 is 1.61 bits per heavy atom. The number of aliphatic hydroxyl groups excluding tert-OH is 1. The number of nitrogens with one attached hydrogen (secondary N) is 1. The summed E-state index contributed by atoms with van der Waals surface area (Å²) in [4.78, 5) is 11.3. The zero-order chi connectivity index (χ0) is 13.8. The summed E-state index contributed by atoms with van der Waals surface area (Å²) < 4.78 is 37.6. The molecule has 8 heteroatoms. The van der Waals surface area contributed by atoms with Gasteiger partial charge in [-0.25, -0.2) is 0 Å².